The Morgan fingerprint density at radius 3 is 2.61 bits per heavy atom. The first-order chi connectivity index (χ1) is 15.8. The van der Waals surface area contributed by atoms with Crippen molar-refractivity contribution in [2.45, 2.75) is 76.5 Å². The average molecular weight is 454 g/mol. The van der Waals surface area contributed by atoms with Crippen LogP contribution in [0.1, 0.15) is 80.0 Å². The number of nitrogen functional groups attached to an aromatic ring is 1. The third-order valence-electron chi connectivity index (χ3n) is 6.16. The van der Waals surface area contributed by atoms with Gasteiger partial charge in [0, 0.05) is 46.3 Å². The number of hydrogen-bond acceptors (Lipinski definition) is 6. The molecule has 2 aliphatic rings. The van der Waals surface area contributed by atoms with Crippen LogP contribution in [0.15, 0.2) is 35.3 Å². The van der Waals surface area contributed by atoms with Crippen LogP contribution in [0.3, 0.4) is 0 Å². The largest absolute Gasteiger partial charge is 0.488 e. The topological polar surface area (TPSA) is 121 Å². The van der Waals surface area contributed by atoms with Crippen molar-refractivity contribution in [2.75, 3.05) is 11.1 Å². The number of ether oxygens (including phenoxy) is 1. The number of aromatic nitrogens is 1. The van der Waals surface area contributed by atoms with Crippen LogP contribution >= 0.6 is 0 Å². The minimum atomic E-state index is -0.449. The first-order valence-corrected chi connectivity index (χ1v) is 11.7. The van der Waals surface area contributed by atoms with E-state index in [0.717, 1.165) is 43.3 Å². The Morgan fingerprint density at radius 2 is 1.94 bits per heavy atom. The number of amides is 1. The molecule has 33 heavy (non-hydrogen) atoms. The lowest BCUT2D eigenvalue weighted by Crippen LogP contribution is -2.43. The molecule has 1 aromatic carbocycles. The highest BCUT2D eigenvalue weighted by Crippen LogP contribution is 2.35. The molecule has 4 rings (SSSR count). The number of nitrogens with one attached hydrogen (secondary N) is 1. The summed E-state index contributed by atoms with van der Waals surface area (Å²) in [6.07, 6.45) is 6.76. The Hall–Kier alpha value is -3.13. The Balaban J connectivity index is 1.59. The van der Waals surface area contributed by atoms with Crippen LogP contribution in [0.2, 0.25) is 0 Å². The lowest BCUT2D eigenvalue weighted by atomic mass is 9.93. The number of hydrogen-bond donors (Lipinski definition) is 4. The molecule has 2 aromatic rings. The summed E-state index contributed by atoms with van der Waals surface area (Å²) in [6, 6.07) is 8.74. The van der Waals surface area contributed by atoms with Crippen molar-refractivity contribution < 1.29 is 24.6 Å². The van der Waals surface area contributed by atoms with Crippen LogP contribution < -0.4 is 20.5 Å². The van der Waals surface area contributed by atoms with Gasteiger partial charge in [-0.15, -0.1) is 0 Å². The Kier molecular flexibility index (Phi) is 6.83. The van der Waals surface area contributed by atoms with Gasteiger partial charge >= 0.3 is 11.6 Å². The van der Waals surface area contributed by atoms with Crippen molar-refractivity contribution in [3.63, 3.8) is 0 Å². The highest BCUT2D eigenvalue weighted by atomic mass is 16.5. The number of carbonyl (C=O) groups is 1. The van der Waals surface area contributed by atoms with E-state index in [4.69, 9.17) is 10.5 Å². The van der Waals surface area contributed by atoms with E-state index in [0.29, 0.717) is 28.4 Å². The second-order valence-electron chi connectivity index (χ2n) is 9.29. The Bertz CT molecular complexity index is 1040. The third-order valence-corrected chi connectivity index (χ3v) is 6.16. The van der Waals surface area contributed by atoms with Crippen molar-refractivity contribution in [1.82, 2.24) is 0 Å². The smallest absolute Gasteiger partial charge is 0.325 e. The van der Waals surface area contributed by atoms with Crippen molar-refractivity contribution in [2.24, 2.45) is 4.99 Å². The number of pyridine rings is 1. The number of aliphatic hydroxyl groups is 1. The van der Waals surface area contributed by atoms with Crippen molar-refractivity contribution in [1.29, 1.82) is 0 Å². The first kappa shape index (κ1) is 23.0. The molecule has 176 valence electrons. The lowest BCUT2D eigenvalue weighted by Gasteiger charge is -2.22. The molecule has 5 N–H and O–H groups in total. The zero-order chi connectivity index (χ0) is 23.5. The molecule has 1 aromatic heterocycles. The number of rotatable bonds is 7. The van der Waals surface area contributed by atoms with Crippen molar-refractivity contribution in [3.8, 4) is 5.75 Å². The molecule has 8 heteroatoms. The highest BCUT2D eigenvalue weighted by Gasteiger charge is 2.28. The van der Waals surface area contributed by atoms with Gasteiger partial charge in [0.05, 0.1) is 23.9 Å². The molecule has 1 amide bonds. The summed E-state index contributed by atoms with van der Waals surface area (Å²) >= 11 is 0. The fraction of sp³-hybridized carbons (Fsp3) is 0.480. The van der Waals surface area contributed by atoms with Crippen LogP contribution in [0, 0.1) is 0 Å². The van der Waals surface area contributed by atoms with Crippen LogP contribution in [-0.2, 0) is 0 Å². The van der Waals surface area contributed by atoms with Gasteiger partial charge in [0.1, 0.15) is 5.75 Å². The predicted molar refractivity (Wildman–Crippen MR) is 126 cm³/mol. The minimum Gasteiger partial charge on any atom is -0.488 e. The summed E-state index contributed by atoms with van der Waals surface area (Å²) < 4.78 is 6.92. The summed E-state index contributed by atoms with van der Waals surface area (Å²) in [7, 11) is 0. The molecule has 0 unspecified atom stereocenters. The van der Waals surface area contributed by atoms with Crippen molar-refractivity contribution in [3.05, 3.63) is 47.3 Å². The minimum absolute atomic E-state index is 0.0525. The molecule has 0 spiro atoms. The number of aliphatic imine (C=N–C) groups is 1. The van der Waals surface area contributed by atoms with E-state index in [-0.39, 0.29) is 29.9 Å². The van der Waals surface area contributed by atoms with Gasteiger partial charge in [0.25, 0.3) is 0 Å². The number of benzene rings is 1. The summed E-state index contributed by atoms with van der Waals surface area (Å²) in [5.74, 6) is 0.108. The van der Waals surface area contributed by atoms with Gasteiger partial charge in [-0.3, -0.25) is 15.0 Å². The maximum atomic E-state index is 13.1. The van der Waals surface area contributed by atoms with Gasteiger partial charge < -0.3 is 20.9 Å². The number of anilines is 2. The molecule has 2 aliphatic carbocycles. The molecule has 2 saturated carbocycles. The fourth-order valence-electron chi connectivity index (χ4n) is 3.99. The van der Waals surface area contributed by atoms with Crippen molar-refractivity contribution >= 4 is 23.5 Å². The van der Waals surface area contributed by atoms with E-state index < -0.39 is 5.91 Å². The van der Waals surface area contributed by atoms with E-state index in [1.807, 2.05) is 13.8 Å². The molecule has 0 bridgehead atoms. The van der Waals surface area contributed by atoms with Gasteiger partial charge in [-0.2, -0.15) is 0 Å². The third kappa shape index (κ3) is 5.63. The maximum Gasteiger partial charge on any atom is 0.325 e. The molecular formula is C25H33N4O4+. The average Bonchev–Trinajstić information content (AvgIpc) is 3.59. The maximum absolute atomic E-state index is 13.1. The lowest BCUT2D eigenvalue weighted by molar-refractivity contribution is -0.911. The van der Waals surface area contributed by atoms with Gasteiger partial charge in [0.15, 0.2) is 0 Å². The molecule has 8 nitrogen and oxygen atoms in total. The van der Waals surface area contributed by atoms with Gasteiger partial charge in [-0.05, 0) is 50.7 Å². The molecule has 1 heterocycles. The predicted octanol–water partition coefficient (Wildman–Crippen LogP) is 3.43. The molecule has 0 atom stereocenters. The van der Waals surface area contributed by atoms with Gasteiger partial charge in [-0.25, -0.2) is 0 Å². The van der Waals surface area contributed by atoms with E-state index >= 15 is 0 Å². The fourth-order valence-corrected chi connectivity index (χ4v) is 3.99. The zero-order valence-electron chi connectivity index (χ0n) is 19.2. The Morgan fingerprint density at radius 1 is 1.21 bits per heavy atom. The van der Waals surface area contributed by atoms with Crippen LogP contribution in [0.4, 0.5) is 11.4 Å². The molecule has 0 aliphatic heterocycles. The molecule has 0 saturated heterocycles. The summed E-state index contributed by atoms with van der Waals surface area (Å²) in [4.78, 5) is 17.7. The quantitative estimate of drug-likeness (QED) is 0.221. The summed E-state index contributed by atoms with van der Waals surface area (Å²) in [5, 5.41) is 23.1. The van der Waals surface area contributed by atoms with Crippen LogP contribution in [0.5, 0.6) is 5.75 Å². The van der Waals surface area contributed by atoms with E-state index in [9.17, 15) is 15.1 Å². The number of carbonyl (C=O) groups excluding carboxylic acids is 1. The standard InChI is InChI=1S/C25H32N4O4/c1-15(2)22-4-3-5-23(29(22)32)25(31)28-21-12-16(14-27-17-6-8-18(30)9-7-17)20(26)13-24(21)33-19-10-11-19/h3-5,12-15,17-19,26,30-32H,6-11H2,1-2H3/p+1. The second-order valence-corrected chi connectivity index (χ2v) is 9.29. The number of nitrogens with zero attached hydrogens (tertiary/aromatic N) is 2. The van der Waals surface area contributed by atoms with Gasteiger partial charge in [0.2, 0.25) is 5.69 Å². The van der Waals surface area contributed by atoms with Crippen LogP contribution in [-0.4, -0.2) is 40.7 Å². The summed E-state index contributed by atoms with van der Waals surface area (Å²) in [6.45, 7) is 3.90. The molecule has 2 fully saturated rings. The van der Waals surface area contributed by atoms with E-state index in [1.165, 1.54) is 0 Å². The highest BCUT2D eigenvalue weighted by molar-refractivity contribution is 6.04. The molecular weight excluding hydrogens is 420 g/mol. The second kappa shape index (κ2) is 9.79. The number of nitrogens with two attached hydrogens (primary N) is 1. The van der Waals surface area contributed by atoms with E-state index in [1.54, 1.807) is 36.5 Å². The summed E-state index contributed by atoms with van der Waals surface area (Å²) in [5.41, 5.74) is 8.73. The van der Waals surface area contributed by atoms with Gasteiger partial charge in [-0.1, -0.05) is 13.8 Å². The number of aliphatic hydroxyl groups excluding tert-OH is 1. The molecule has 0 radical (unpaired) electrons. The zero-order valence-corrected chi connectivity index (χ0v) is 19.2. The normalized spacial score (nSPS) is 20.8. The van der Waals surface area contributed by atoms with E-state index in [2.05, 4.69) is 10.3 Å². The van der Waals surface area contributed by atoms with Crippen LogP contribution in [0.25, 0.3) is 0 Å². The first-order valence-electron chi connectivity index (χ1n) is 11.7. The monoisotopic (exact) mass is 453 g/mol. The Labute approximate surface area is 194 Å². The SMILES string of the molecule is CC(C)c1cccc(C(=O)Nc2cc(C=NC3CCC(O)CC3)c(N)cc2OC2CC2)[n+]1O.